The summed E-state index contributed by atoms with van der Waals surface area (Å²) in [5, 5.41) is 4.15. The molecule has 6 nitrogen and oxygen atoms in total. The number of likely N-dealkylation sites (tertiary alicyclic amines) is 1. The highest BCUT2D eigenvalue weighted by Gasteiger charge is 2.19. The molecule has 25 heavy (non-hydrogen) atoms. The van der Waals surface area contributed by atoms with Crippen LogP contribution in [0.4, 0.5) is 4.79 Å². The van der Waals surface area contributed by atoms with Gasteiger partial charge in [-0.3, -0.25) is 0 Å². The minimum atomic E-state index is -0.554. The maximum absolute atomic E-state index is 11.7. The number of nitrogens with one attached hydrogen (secondary N) is 2. The quantitative estimate of drug-likeness (QED) is 0.633. The van der Waals surface area contributed by atoms with Gasteiger partial charge in [-0.05, 0) is 51.5 Å². The van der Waals surface area contributed by atoms with Crippen molar-refractivity contribution in [3.05, 3.63) is 29.3 Å². The molecule has 0 aliphatic carbocycles. The molecule has 2 rings (SSSR count). The van der Waals surface area contributed by atoms with Gasteiger partial charge in [0.2, 0.25) is 0 Å². The van der Waals surface area contributed by atoms with Gasteiger partial charge in [0.05, 0.1) is 25.9 Å². The molecule has 1 aromatic rings. The Morgan fingerprint density at radius 1 is 1.28 bits per heavy atom. The van der Waals surface area contributed by atoms with Gasteiger partial charge < -0.3 is 14.4 Å². The van der Waals surface area contributed by atoms with Crippen molar-refractivity contribution in [2.45, 2.75) is 52.7 Å². The lowest BCUT2D eigenvalue weighted by atomic mass is 10.1. The van der Waals surface area contributed by atoms with E-state index >= 15 is 0 Å². The number of hydrogen-bond acceptors (Lipinski definition) is 4. The van der Waals surface area contributed by atoms with E-state index in [9.17, 15) is 4.79 Å². The van der Waals surface area contributed by atoms with Gasteiger partial charge >= 0.3 is 6.09 Å². The zero-order chi connectivity index (χ0) is 18.4. The first-order chi connectivity index (χ1) is 11.8. The van der Waals surface area contributed by atoms with E-state index in [4.69, 9.17) is 9.47 Å². The molecule has 2 N–H and O–H groups in total. The number of nitrogens with zero attached hydrogens (tertiary/aromatic N) is 1. The summed E-state index contributed by atoms with van der Waals surface area (Å²) in [4.78, 5) is 13.3. The first-order valence-electron chi connectivity index (χ1n) is 8.82. The zero-order valence-electron chi connectivity index (χ0n) is 15.9. The maximum atomic E-state index is 11.7. The normalized spacial score (nSPS) is 16.0. The molecule has 0 aromatic heterocycles. The Hall–Kier alpha value is -2.08. The Labute approximate surface area is 150 Å². The molecule has 1 aromatic carbocycles. The molecular weight excluding hydrogens is 318 g/mol. The summed E-state index contributed by atoms with van der Waals surface area (Å²) in [6.45, 7) is 10.7. The molecule has 1 aliphatic rings. The Morgan fingerprint density at radius 2 is 1.96 bits per heavy atom. The van der Waals surface area contributed by atoms with Crippen LogP contribution in [0.1, 0.15) is 51.7 Å². The average Bonchev–Trinajstić information content (AvgIpc) is 3.04. The second-order valence-corrected chi connectivity index (χ2v) is 7.47. The summed E-state index contributed by atoms with van der Waals surface area (Å²) >= 11 is 0. The number of benzene rings is 1. The number of ether oxygens (including phenoxy) is 2. The predicted octanol–water partition coefficient (Wildman–Crippen LogP) is 2.12. The second-order valence-electron chi connectivity index (χ2n) is 7.47. The highest BCUT2D eigenvalue weighted by molar-refractivity contribution is 5.99. The number of rotatable bonds is 5. The summed E-state index contributed by atoms with van der Waals surface area (Å²) in [6, 6.07) is 6.02. The van der Waals surface area contributed by atoms with Crippen LogP contribution in [0.3, 0.4) is 0 Å². The fraction of sp³-hybridized carbons (Fsp3) is 0.579. The monoisotopic (exact) mass is 348 g/mol. The van der Waals surface area contributed by atoms with E-state index in [2.05, 4.69) is 16.6 Å². The third-order valence-electron chi connectivity index (χ3n) is 4.16. The Bertz CT molecular complexity index is 629. The van der Waals surface area contributed by atoms with Crippen LogP contribution in [-0.2, 0) is 11.3 Å². The lowest BCUT2D eigenvalue weighted by Gasteiger charge is -2.18. The number of hydrazone groups is 1. The second kappa shape index (κ2) is 8.34. The number of carbonyl (C=O) groups is 1. The summed E-state index contributed by atoms with van der Waals surface area (Å²) in [5.41, 5.74) is 4.77. The average molecular weight is 348 g/mol. The molecule has 1 saturated heterocycles. The molecule has 0 atom stereocenters. The first kappa shape index (κ1) is 19.2. The largest absolute Gasteiger partial charge is 0.496 e. The summed E-state index contributed by atoms with van der Waals surface area (Å²) < 4.78 is 10.7. The van der Waals surface area contributed by atoms with Gasteiger partial charge in [-0.25, -0.2) is 10.2 Å². The van der Waals surface area contributed by atoms with Crippen molar-refractivity contribution in [1.29, 1.82) is 0 Å². The van der Waals surface area contributed by atoms with E-state index in [1.54, 1.807) is 12.0 Å². The lowest BCUT2D eigenvalue weighted by Crippen LogP contribution is -3.08. The zero-order valence-corrected chi connectivity index (χ0v) is 15.9. The van der Waals surface area contributed by atoms with Crippen molar-refractivity contribution in [3.8, 4) is 5.75 Å². The van der Waals surface area contributed by atoms with Crippen molar-refractivity contribution < 1.29 is 19.2 Å². The van der Waals surface area contributed by atoms with Crippen LogP contribution in [-0.4, -0.2) is 37.6 Å². The van der Waals surface area contributed by atoms with Gasteiger partial charge in [-0.1, -0.05) is 0 Å². The Morgan fingerprint density at radius 3 is 2.56 bits per heavy atom. The minimum Gasteiger partial charge on any atom is -0.496 e. The highest BCUT2D eigenvalue weighted by atomic mass is 16.6. The van der Waals surface area contributed by atoms with Crippen LogP contribution < -0.4 is 15.1 Å². The SMILES string of the molecule is COc1ccc(/C(C)=N\NC(=O)OC(C)(C)C)cc1C[NH+]1CCCC1. The van der Waals surface area contributed by atoms with Crippen LogP contribution >= 0.6 is 0 Å². The molecule has 0 saturated carbocycles. The summed E-state index contributed by atoms with van der Waals surface area (Å²) in [6.07, 6.45) is 2.03. The molecule has 0 radical (unpaired) electrons. The first-order valence-corrected chi connectivity index (χ1v) is 8.82. The van der Waals surface area contributed by atoms with E-state index in [1.165, 1.54) is 31.5 Å². The molecule has 6 heteroatoms. The smallest absolute Gasteiger partial charge is 0.428 e. The maximum Gasteiger partial charge on any atom is 0.428 e. The van der Waals surface area contributed by atoms with Crippen LogP contribution in [0.25, 0.3) is 0 Å². The standard InChI is InChI=1S/C19H29N3O3/c1-14(20-21-18(23)25-19(2,3)4)15-8-9-17(24-5)16(12-15)13-22-10-6-7-11-22/h8-9,12H,6-7,10-11,13H2,1-5H3,(H,21,23)/p+1/b20-14-. The lowest BCUT2D eigenvalue weighted by molar-refractivity contribution is -0.901. The van der Waals surface area contributed by atoms with Gasteiger partial charge in [-0.15, -0.1) is 0 Å². The van der Waals surface area contributed by atoms with E-state index in [1.807, 2.05) is 39.8 Å². The third-order valence-corrected chi connectivity index (χ3v) is 4.16. The van der Waals surface area contributed by atoms with Crippen molar-refractivity contribution in [3.63, 3.8) is 0 Å². The van der Waals surface area contributed by atoms with Crippen LogP contribution in [0.2, 0.25) is 0 Å². The van der Waals surface area contributed by atoms with Crippen LogP contribution in [0, 0.1) is 0 Å². The number of carbonyl (C=O) groups excluding carboxylic acids is 1. The Kier molecular flexibility index (Phi) is 6.42. The molecule has 138 valence electrons. The predicted molar refractivity (Wildman–Crippen MR) is 98.2 cm³/mol. The summed E-state index contributed by atoms with van der Waals surface area (Å²) in [5.74, 6) is 0.899. The van der Waals surface area contributed by atoms with E-state index < -0.39 is 11.7 Å². The van der Waals surface area contributed by atoms with E-state index in [0.717, 1.165) is 23.6 Å². The highest BCUT2D eigenvalue weighted by Crippen LogP contribution is 2.20. The van der Waals surface area contributed by atoms with E-state index in [0.29, 0.717) is 0 Å². The molecular formula is C19H30N3O3+. The van der Waals surface area contributed by atoms with Crippen LogP contribution in [0.15, 0.2) is 23.3 Å². The van der Waals surface area contributed by atoms with Gasteiger partial charge in [0.25, 0.3) is 0 Å². The van der Waals surface area contributed by atoms with Gasteiger partial charge in [-0.2, -0.15) is 5.10 Å². The van der Waals surface area contributed by atoms with Crippen molar-refractivity contribution >= 4 is 11.8 Å². The molecule has 1 amide bonds. The van der Waals surface area contributed by atoms with Crippen molar-refractivity contribution in [1.82, 2.24) is 5.43 Å². The van der Waals surface area contributed by atoms with Gasteiger partial charge in [0.1, 0.15) is 17.9 Å². The Balaban J connectivity index is 2.09. The number of hydrogen-bond donors (Lipinski definition) is 2. The number of quaternary nitrogens is 1. The minimum absolute atomic E-state index is 0.542. The topological polar surface area (TPSA) is 64.4 Å². The van der Waals surface area contributed by atoms with Gasteiger partial charge in [0.15, 0.2) is 0 Å². The molecule has 1 aliphatic heterocycles. The number of amides is 1. The number of methoxy groups -OCH3 is 1. The molecule has 0 bridgehead atoms. The van der Waals surface area contributed by atoms with Gasteiger partial charge in [0, 0.05) is 18.4 Å². The molecule has 0 spiro atoms. The summed E-state index contributed by atoms with van der Waals surface area (Å²) in [7, 11) is 1.70. The fourth-order valence-corrected chi connectivity index (χ4v) is 2.96. The molecule has 1 fully saturated rings. The molecule has 0 unspecified atom stereocenters. The van der Waals surface area contributed by atoms with Crippen molar-refractivity contribution in [2.24, 2.45) is 5.10 Å². The van der Waals surface area contributed by atoms with Crippen molar-refractivity contribution in [2.75, 3.05) is 20.2 Å². The van der Waals surface area contributed by atoms with Crippen LogP contribution in [0.5, 0.6) is 5.75 Å². The van der Waals surface area contributed by atoms with E-state index in [-0.39, 0.29) is 0 Å². The molecule has 1 heterocycles. The third kappa shape index (κ3) is 6.05. The fourth-order valence-electron chi connectivity index (χ4n) is 2.96.